The molecule has 0 bridgehead atoms. The summed E-state index contributed by atoms with van der Waals surface area (Å²) in [5.74, 6) is 2.17. The SMILES string of the molecule is CNC(C)c1cnc(CC2CCS(=O)(=O)C2)o1. The van der Waals surface area contributed by atoms with Gasteiger partial charge in [0.05, 0.1) is 23.7 Å². The van der Waals surface area contributed by atoms with Crippen molar-refractivity contribution < 1.29 is 12.8 Å². The number of nitrogens with one attached hydrogen (secondary N) is 1. The van der Waals surface area contributed by atoms with E-state index in [1.165, 1.54) is 0 Å². The maximum absolute atomic E-state index is 11.3. The molecule has 0 spiro atoms. The molecular formula is C11H18N2O3S. The number of sulfone groups is 1. The number of hydrogen-bond donors (Lipinski definition) is 1. The molecule has 0 aliphatic carbocycles. The van der Waals surface area contributed by atoms with Gasteiger partial charge in [-0.2, -0.15) is 0 Å². The summed E-state index contributed by atoms with van der Waals surface area (Å²) in [6.45, 7) is 1.99. The molecule has 6 heteroatoms. The summed E-state index contributed by atoms with van der Waals surface area (Å²) in [6, 6.07) is 0.128. The molecule has 1 aliphatic heterocycles. The van der Waals surface area contributed by atoms with Gasteiger partial charge in [-0.3, -0.25) is 0 Å². The van der Waals surface area contributed by atoms with E-state index in [9.17, 15) is 8.42 Å². The summed E-state index contributed by atoms with van der Waals surface area (Å²) in [4.78, 5) is 4.19. The van der Waals surface area contributed by atoms with Crippen molar-refractivity contribution in [2.45, 2.75) is 25.8 Å². The second-order valence-electron chi connectivity index (χ2n) is 4.64. The van der Waals surface area contributed by atoms with Crippen molar-refractivity contribution in [1.82, 2.24) is 10.3 Å². The summed E-state index contributed by atoms with van der Waals surface area (Å²) in [6.07, 6.45) is 3.05. The fourth-order valence-corrected chi connectivity index (χ4v) is 3.90. The minimum atomic E-state index is -2.81. The van der Waals surface area contributed by atoms with E-state index in [1.807, 2.05) is 14.0 Å². The van der Waals surface area contributed by atoms with Crippen LogP contribution in [0.1, 0.15) is 31.0 Å². The molecule has 2 rings (SSSR count). The summed E-state index contributed by atoms with van der Waals surface area (Å²) in [5, 5.41) is 3.07. The van der Waals surface area contributed by atoms with Crippen LogP contribution in [0.25, 0.3) is 0 Å². The van der Waals surface area contributed by atoms with Gasteiger partial charge < -0.3 is 9.73 Å². The second kappa shape index (κ2) is 4.78. The van der Waals surface area contributed by atoms with Crippen LogP contribution in [0.3, 0.4) is 0 Å². The van der Waals surface area contributed by atoms with Crippen LogP contribution in [0, 0.1) is 5.92 Å². The van der Waals surface area contributed by atoms with Crippen LogP contribution in [-0.2, 0) is 16.3 Å². The van der Waals surface area contributed by atoms with Gasteiger partial charge in [0.1, 0.15) is 5.76 Å². The zero-order chi connectivity index (χ0) is 12.5. The molecule has 5 nitrogen and oxygen atoms in total. The standard InChI is InChI=1S/C11H18N2O3S/c1-8(12-2)10-6-13-11(16-10)5-9-3-4-17(14,15)7-9/h6,8-9,12H,3-5,7H2,1-2H3. The average Bonchev–Trinajstić information content (AvgIpc) is 2.85. The number of nitrogens with zero attached hydrogens (tertiary/aromatic N) is 1. The predicted octanol–water partition coefficient (Wildman–Crippen LogP) is 0.932. The minimum absolute atomic E-state index is 0.128. The topological polar surface area (TPSA) is 72.2 Å². The molecule has 1 aromatic heterocycles. The van der Waals surface area contributed by atoms with Gasteiger partial charge in [-0.15, -0.1) is 0 Å². The normalized spacial score (nSPS) is 24.9. The summed E-state index contributed by atoms with van der Waals surface area (Å²) < 4.78 is 28.3. The molecule has 1 aromatic rings. The van der Waals surface area contributed by atoms with Crippen LogP contribution in [0.2, 0.25) is 0 Å². The third-order valence-electron chi connectivity index (χ3n) is 3.22. The number of aromatic nitrogens is 1. The Labute approximate surface area is 102 Å². The lowest BCUT2D eigenvalue weighted by Crippen LogP contribution is -2.11. The maximum atomic E-state index is 11.3. The molecule has 0 radical (unpaired) electrons. The summed E-state index contributed by atoms with van der Waals surface area (Å²) in [5.41, 5.74) is 0. The van der Waals surface area contributed by atoms with Crippen molar-refractivity contribution in [3.8, 4) is 0 Å². The summed E-state index contributed by atoms with van der Waals surface area (Å²) >= 11 is 0. The van der Waals surface area contributed by atoms with Gasteiger partial charge in [-0.05, 0) is 26.3 Å². The molecule has 17 heavy (non-hydrogen) atoms. The molecule has 0 saturated carbocycles. The molecule has 2 unspecified atom stereocenters. The van der Waals surface area contributed by atoms with Crippen LogP contribution in [0.15, 0.2) is 10.6 Å². The van der Waals surface area contributed by atoms with Gasteiger partial charge in [-0.25, -0.2) is 13.4 Å². The number of hydrogen-bond acceptors (Lipinski definition) is 5. The smallest absolute Gasteiger partial charge is 0.194 e. The van der Waals surface area contributed by atoms with Crippen LogP contribution < -0.4 is 5.32 Å². The van der Waals surface area contributed by atoms with Crippen molar-refractivity contribution in [2.24, 2.45) is 5.92 Å². The van der Waals surface area contributed by atoms with E-state index < -0.39 is 9.84 Å². The summed E-state index contributed by atoms with van der Waals surface area (Å²) in [7, 11) is -0.954. The van der Waals surface area contributed by atoms with Crippen LogP contribution >= 0.6 is 0 Å². The van der Waals surface area contributed by atoms with E-state index in [-0.39, 0.29) is 17.7 Å². The van der Waals surface area contributed by atoms with Gasteiger partial charge in [0, 0.05) is 6.42 Å². The molecular weight excluding hydrogens is 240 g/mol. The monoisotopic (exact) mass is 258 g/mol. The van der Waals surface area contributed by atoms with Crippen molar-refractivity contribution in [1.29, 1.82) is 0 Å². The van der Waals surface area contributed by atoms with Crippen LogP contribution in [0.4, 0.5) is 0 Å². The highest BCUT2D eigenvalue weighted by atomic mass is 32.2. The van der Waals surface area contributed by atoms with Crippen molar-refractivity contribution >= 4 is 9.84 Å². The van der Waals surface area contributed by atoms with E-state index in [4.69, 9.17) is 4.42 Å². The molecule has 1 N–H and O–H groups in total. The molecule has 1 fully saturated rings. The fraction of sp³-hybridized carbons (Fsp3) is 0.727. The number of oxazole rings is 1. The first-order valence-corrected chi connectivity index (χ1v) is 7.64. The van der Waals surface area contributed by atoms with E-state index in [0.717, 1.165) is 12.2 Å². The van der Waals surface area contributed by atoms with Crippen LogP contribution in [-0.4, -0.2) is 32.0 Å². The van der Waals surface area contributed by atoms with Gasteiger partial charge in [0.15, 0.2) is 15.7 Å². The van der Waals surface area contributed by atoms with Crippen LogP contribution in [0.5, 0.6) is 0 Å². The lowest BCUT2D eigenvalue weighted by molar-refractivity contribution is 0.392. The highest BCUT2D eigenvalue weighted by Crippen LogP contribution is 2.23. The Bertz CT molecular complexity index is 481. The fourth-order valence-electron chi connectivity index (χ4n) is 2.04. The highest BCUT2D eigenvalue weighted by molar-refractivity contribution is 7.91. The van der Waals surface area contributed by atoms with E-state index in [2.05, 4.69) is 10.3 Å². The molecule has 1 aliphatic rings. The Kier molecular flexibility index (Phi) is 3.53. The van der Waals surface area contributed by atoms with E-state index in [1.54, 1.807) is 6.20 Å². The van der Waals surface area contributed by atoms with E-state index in [0.29, 0.717) is 18.1 Å². The quantitative estimate of drug-likeness (QED) is 0.870. The van der Waals surface area contributed by atoms with Gasteiger partial charge >= 0.3 is 0 Å². The third-order valence-corrected chi connectivity index (χ3v) is 5.06. The molecule has 0 amide bonds. The molecule has 96 valence electrons. The molecule has 0 aromatic carbocycles. The predicted molar refractivity (Wildman–Crippen MR) is 64.4 cm³/mol. The third kappa shape index (κ3) is 3.07. The van der Waals surface area contributed by atoms with Gasteiger partial charge in [0.2, 0.25) is 0 Å². The molecule has 1 saturated heterocycles. The Morgan fingerprint density at radius 3 is 3.00 bits per heavy atom. The first kappa shape index (κ1) is 12.6. The van der Waals surface area contributed by atoms with Crippen molar-refractivity contribution in [3.63, 3.8) is 0 Å². The lowest BCUT2D eigenvalue weighted by Gasteiger charge is -2.05. The zero-order valence-electron chi connectivity index (χ0n) is 10.1. The number of rotatable bonds is 4. The van der Waals surface area contributed by atoms with Gasteiger partial charge in [-0.1, -0.05) is 0 Å². The lowest BCUT2D eigenvalue weighted by atomic mass is 10.1. The Morgan fingerprint density at radius 2 is 2.41 bits per heavy atom. The Balaban J connectivity index is 1.98. The van der Waals surface area contributed by atoms with Crippen molar-refractivity contribution in [3.05, 3.63) is 17.8 Å². The van der Waals surface area contributed by atoms with Crippen molar-refractivity contribution in [2.75, 3.05) is 18.6 Å². The Hall–Kier alpha value is -0.880. The minimum Gasteiger partial charge on any atom is -0.444 e. The first-order valence-electron chi connectivity index (χ1n) is 5.82. The first-order chi connectivity index (χ1) is 8.00. The second-order valence-corrected chi connectivity index (χ2v) is 6.87. The zero-order valence-corrected chi connectivity index (χ0v) is 11.0. The van der Waals surface area contributed by atoms with E-state index >= 15 is 0 Å². The average molecular weight is 258 g/mol. The largest absolute Gasteiger partial charge is 0.444 e. The molecule has 2 heterocycles. The van der Waals surface area contributed by atoms with Gasteiger partial charge in [0.25, 0.3) is 0 Å². The Morgan fingerprint density at radius 1 is 1.65 bits per heavy atom. The highest BCUT2D eigenvalue weighted by Gasteiger charge is 2.29. The maximum Gasteiger partial charge on any atom is 0.194 e. The molecule has 2 atom stereocenters.